The average Bonchev–Trinajstić information content (AvgIpc) is 3.44. The first-order valence-electron chi connectivity index (χ1n) is 10.2. The van der Waals surface area contributed by atoms with Gasteiger partial charge in [-0.05, 0) is 51.8 Å². The monoisotopic (exact) mass is 470 g/mol. The summed E-state index contributed by atoms with van der Waals surface area (Å²) in [5, 5.41) is 12.4. The summed E-state index contributed by atoms with van der Waals surface area (Å²) in [5.41, 5.74) is 4.52. The molecule has 6 nitrogen and oxygen atoms in total. The lowest BCUT2D eigenvalue weighted by atomic mass is 9.87. The van der Waals surface area contributed by atoms with E-state index < -0.39 is 0 Å². The molecule has 5 rings (SSSR count). The van der Waals surface area contributed by atoms with Gasteiger partial charge in [0.15, 0.2) is 5.65 Å². The summed E-state index contributed by atoms with van der Waals surface area (Å²) in [6.07, 6.45) is 8.22. The summed E-state index contributed by atoms with van der Waals surface area (Å²) in [6.45, 7) is 0.738. The van der Waals surface area contributed by atoms with Gasteiger partial charge in [-0.3, -0.25) is 0 Å². The van der Waals surface area contributed by atoms with Crippen LogP contribution in [0.2, 0.25) is 0 Å². The van der Waals surface area contributed by atoms with E-state index in [0.717, 1.165) is 28.2 Å². The second-order valence-electron chi connectivity index (χ2n) is 7.73. The third-order valence-electron chi connectivity index (χ3n) is 5.79. The topological polar surface area (TPSA) is 66.9 Å². The van der Waals surface area contributed by atoms with Crippen molar-refractivity contribution in [3.63, 3.8) is 0 Å². The highest BCUT2D eigenvalue weighted by molar-refractivity contribution is 9.10. The van der Waals surface area contributed by atoms with Crippen LogP contribution in [-0.4, -0.2) is 20.4 Å². The lowest BCUT2D eigenvalue weighted by molar-refractivity contribution is 0.437. The maximum atomic E-state index is 4.92. The Morgan fingerprint density at radius 1 is 1.14 bits per heavy atom. The van der Waals surface area contributed by atoms with Crippen LogP contribution in [0.25, 0.3) is 5.65 Å². The summed E-state index contributed by atoms with van der Waals surface area (Å²) < 4.78 is 6.85. The Labute approximate surface area is 182 Å². The van der Waals surface area contributed by atoms with Crippen molar-refractivity contribution < 1.29 is 0 Å². The summed E-state index contributed by atoms with van der Waals surface area (Å²) >= 11 is 5.13. The van der Waals surface area contributed by atoms with Crippen LogP contribution in [0, 0.1) is 0 Å². The molecule has 150 valence electrons. The number of nitrogens with one attached hydrogen (secondary N) is 1. The molecule has 1 aromatic carbocycles. The van der Waals surface area contributed by atoms with E-state index in [0.29, 0.717) is 5.92 Å². The minimum Gasteiger partial charge on any atom is -0.366 e. The van der Waals surface area contributed by atoms with Crippen molar-refractivity contribution in [1.82, 2.24) is 14.6 Å². The molecule has 0 bridgehead atoms. The second kappa shape index (κ2) is 8.44. The molecule has 0 saturated heterocycles. The minimum atomic E-state index is 0.196. The highest BCUT2D eigenvalue weighted by atomic mass is 79.9. The summed E-state index contributed by atoms with van der Waals surface area (Å²) in [5.74, 6) is 2.48. The van der Waals surface area contributed by atoms with Crippen molar-refractivity contribution in [3.05, 3.63) is 57.8 Å². The number of anilines is 1. The Hall–Kier alpha value is -1.93. The van der Waals surface area contributed by atoms with Gasteiger partial charge in [0.2, 0.25) is 0 Å². The van der Waals surface area contributed by atoms with Gasteiger partial charge in [0.25, 0.3) is 0 Å². The summed E-state index contributed by atoms with van der Waals surface area (Å²) in [7, 11) is 0. The Morgan fingerprint density at radius 2 is 1.97 bits per heavy atom. The largest absolute Gasteiger partial charge is 0.366 e. The van der Waals surface area contributed by atoms with Gasteiger partial charge in [-0.15, -0.1) is 4.52 Å². The van der Waals surface area contributed by atoms with Crippen molar-refractivity contribution in [3.8, 4) is 0 Å². The van der Waals surface area contributed by atoms with E-state index in [2.05, 4.69) is 66.3 Å². The molecule has 1 saturated carbocycles. The van der Waals surface area contributed by atoms with Crippen molar-refractivity contribution in [1.29, 1.82) is 0 Å². The van der Waals surface area contributed by atoms with Crippen LogP contribution in [-0.2, 0) is 6.54 Å². The van der Waals surface area contributed by atoms with Crippen LogP contribution < -0.4 is 5.32 Å². The lowest BCUT2D eigenvalue weighted by Gasteiger charge is -2.22. The lowest BCUT2D eigenvalue weighted by Crippen LogP contribution is -2.11. The van der Waals surface area contributed by atoms with E-state index in [-0.39, 0.29) is 6.04 Å². The molecule has 1 aliphatic heterocycles. The molecule has 0 amide bonds. The first-order chi connectivity index (χ1) is 14.3. The number of rotatable bonds is 5. The molecule has 1 fully saturated rings. The Morgan fingerprint density at radius 3 is 2.72 bits per heavy atom. The molecule has 1 N–H and O–H groups in total. The van der Waals surface area contributed by atoms with Crippen LogP contribution in [0.5, 0.6) is 0 Å². The zero-order chi connectivity index (χ0) is 19.6. The summed E-state index contributed by atoms with van der Waals surface area (Å²) in [4.78, 5) is 4.92. The number of aromatic nitrogens is 3. The Balaban J connectivity index is 1.37. The van der Waals surface area contributed by atoms with Gasteiger partial charge in [-0.1, -0.05) is 43.5 Å². The number of hydrogen-bond acceptors (Lipinski definition) is 6. The smallest absolute Gasteiger partial charge is 0.171 e. The molecule has 0 spiro atoms. The molecule has 1 aliphatic carbocycles. The molecular formula is C21H23BrN6S. The van der Waals surface area contributed by atoms with Gasteiger partial charge in [0.1, 0.15) is 11.9 Å². The normalized spacial score (nSPS) is 19.8. The number of benzene rings is 1. The number of hydrogen-bond donors (Lipinski definition) is 1. The molecule has 1 atom stereocenters. The molecule has 1 unspecified atom stereocenters. The number of halogens is 1. The van der Waals surface area contributed by atoms with Crippen molar-refractivity contribution in [2.45, 2.75) is 50.6 Å². The molecule has 3 heterocycles. The van der Waals surface area contributed by atoms with Crippen LogP contribution in [0.1, 0.15) is 60.9 Å². The molecule has 0 radical (unpaired) electrons. The van der Waals surface area contributed by atoms with Crippen LogP contribution >= 0.6 is 27.9 Å². The van der Waals surface area contributed by atoms with E-state index in [1.54, 1.807) is 0 Å². The fraction of sp³-hybridized carbons (Fsp3) is 0.429. The van der Waals surface area contributed by atoms with E-state index in [4.69, 9.17) is 4.98 Å². The average molecular weight is 471 g/mol. The maximum Gasteiger partial charge on any atom is 0.171 e. The summed E-state index contributed by atoms with van der Waals surface area (Å²) in [6, 6.07) is 11.0. The van der Waals surface area contributed by atoms with Crippen LogP contribution in [0.15, 0.2) is 50.6 Å². The van der Waals surface area contributed by atoms with Crippen LogP contribution in [0.3, 0.4) is 0 Å². The first kappa shape index (κ1) is 19.1. The standard InChI is InChI=1S/C21H23BrN6S/c22-17-12-24-28-20(10-18(25-21(17)28)15-4-2-1-3-5-15)23-11-14-6-8-16(9-7-14)19-13-29-27-26-19/h6-10,12,15,19,23H,1-5,11,13H2. The first-order valence-corrected chi connectivity index (χ1v) is 11.9. The van der Waals surface area contributed by atoms with E-state index in [1.165, 1.54) is 60.9 Å². The zero-order valence-electron chi connectivity index (χ0n) is 16.1. The van der Waals surface area contributed by atoms with Crippen LogP contribution in [0.4, 0.5) is 5.82 Å². The fourth-order valence-corrected chi connectivity index (χ4v) is 5.12. The highest BCUT2D eigenvalue weighted by Gasteiger charge is 2.20. The predicted molar refractivity (Wildman–Crippen MR) is 120 cm³/mol. The maximum absolute atomic E-state index is 4.92. The SMILES string of the molecule is Brc1cnn2c(NCc3ccc(C4CSN=N4)cc3)cc(C3CCCCC3)nc12. The minimum absolute atomic E-state index is 0.196. The van der Waals surface area contributed by atoms with Gasteiger partial charge >= 0.3 is 0 Å². The molecular weight excluding hydrogens is 448 g/mol. The van der Waals surface area contributed by atoms with Gasteiger partial charge < -0.3 is 5.32 Å². The van der Waals surface area contributed by atoms with Gasteiger partial charge in [0.05, 0.1) is 10.7 Å². The van der Waals surface area contributed by atoms with E-state index in [9.17, 15) is 0 Å². The predicted octanol–water partition coefficient (Wildman–Crippen LogP) is 6.31. The molecule has 2 aliphatic rings. The van der Waals surface area contributed by atoms with Crippen molar-refractivity contribution in [2.75, 3.05) is 11.1 Å². The fourth-order valence-electron chi connectivity index (χ4n) is 4.13. The Kier molecular flexibility index (Phi) is 5.54. The van der Waals surface area contributed by atoms with Gasteiger partial charge in [0, 0.05) is 30.0 Å². The van der Waals surface area contributed by atoms with Crippen molar-refractivity contribution >= 4 is 39.3 Å². The van der Waals surface area contributed by atoms with Gasteiger partial charge in [-0.25, -0.2) is 4.98 Å². The van der Waals surface area contributed by atoms with Gasteiger partial charge in [-0.2, -0.15) is 14.7 Å². The highest BCUT2D eigenvalue weighted by Crippen LogP contribution is 2.34. The van der Waals surface area contributed by atoms with Crippen molar-refractivity contribution in [2.24, 2.45) is 9.63 Å². The molecule has 2 aromatic heterocycles. The third kappa shape index (κ3) is 4.05. The Bertz CT molecular complexity index is 1030. The molecule has 29 heavy (non-hydrogen) atoms. The third-order valence-corrected chi connectivity index (χ3v) is 7.02. The number of fused-ring (bicyclic) bond motifs is 1. The quantitative estimate of drug-likeness (QED) is 0.443. The number of nitrogens with zero attached hydrogens (tertiary/aromatic N) is 5. The zero-order valence-corrected chi connectivity index (χ0v) is 18.5. The van der Waals surface area contributed by atoms with E-state index in [1.807, 2.05) is 10.7 Å². The second-order valence-corrected chi connectivity index (χ2v) is 9.34. The van der Waals surface area contributed by atoms with E-state index >= 15 is 0 Å². The molecule has 3 aromatic rings. The molecule has 8 heteroatoms.